The van der Waals surface area contributed by atoms with Crippen molar-refractivity contribution in [2.45, 2.75) is 78.1 Å². The molecule has 0 rings (SSSR count). The van der Waals surface area contributed by atoms with Crippen LogP contribution in [0.1, 0.15) is 26.2 Å². The molecule has 0 saturated heterocycles. The van der Waals surface area contributed by atoms with E-state index in [1.807, 2.05) is 0 Å². The second kappa shape index (κ2) is 8.58. The fourth-order valence-corrected chi connectivity index (χ4v) is 16.3. The molecule has 0 N–H and O–H groups in total. The molecule has 6 heteroatoms. The highest BCUT2D eigenvalue weighted by Crippen LogP contribution is 2.24. The SMILES string of the molecule is CCCC[N+](C)(C)CCC[Si](C)(C)O[Si](C)(C)O[Si](C)(C)C. The largest absolute Gasteiger partial charge is 0.437 e. The summed E-state index contributed by atoms with van der Waals surface area (Å²) in [6.45, 7) is 20.8. The Hall–Kier alpha value is 0.531. The van der Waals surface area contributed by atoms with E-state index in [-0.39, 0.29) is 0 Å². The molecule has 0 amide bonds. The van der Waals surface area contributed by atoms with Crippen LogP contribution in [0, 0.1) is 0 Å². The lowest BCUT2D eigenvalue weighted by Crippen LogP contribution is -2.51. The van der Waals surface area contributed by atoms with E-state index in [2.05, 4.69) is 66.8 Å². The first-order valence-electron chi connectivity index (χ1n) is 8.90. The standard InChI is InChI=1S/C16H42NO2Si3/c1-11-12-14-17(2,3)15-13-16-21(7,8)19-22(9,10)18-20(4,5)6/h11-16H2,1-10H3/q+1. The maximum Gasteiger partial charge on any atom is 0.311 e. The zero-order chi connectivity index (χ0) is 17.7. The van der Waals surface area contributed by atoms with E-state index in [1.54, 1.807) is 0 Å². The molecule has 0 aliphatic carbocycles. The smallest absolute Gasteiger partial charge is 0.311 e. The summed E-state index contributed by atoms with van der Waals surface area (Å²) in [5.41, 5.74) is 0. The molecule has 22 heavy (non-hydrogen) atoms. The summed E-state index contributed by atoms with van der Waals surface area (Å²) >= 11 is 0. The fourth-order valence-electron chi connectivity index (χ4n) is 3.11. The van der Waals surface area contributed by atoms with Crippen LogP contribution < -0.4 is 0 Å². The van der Waals surface area contributed by atoms with E-state index in [1.165, 1.54) is 38.4 Å². The molecule has 0 radical (unpaired) electrons. The number of quaternary nitrogens is 1. The van der Waals surface area contributed by atoms with Crippen molar-refractivity contribution < 1.29 is 12.7 Å². The van der Waals surface area contributed by atoms with Crippen LogP contribution in [0.25, 0.3) is 0 Å². The van der Waals surface area contributed by atoms with Gasteiger partial charge in [0.2, 0.25) is 0 Å². The minimum Gasteiger partial charge on any atom is -0.437 e. The highest BCUT2D eigenvalue weighted by molar-refractivity contribution is 6.87. The predicted octanol–water partition coefficient (Wildman–Crippen LogP) is 5.03. The van der Waals surface area contributed by atoms with Gasteiger partial charge >= 0.3 is 8.56 Å². The summed E-state index contributed by atoms with van der Waals surface area (Å²) in [4.78, 5) is 0. The van der Waals surface area contributed by atoms with Crippen LogP contribution in [0.5, 0.6) is 0 Å². The van der Waals surface area contributed by atoms with E-state index < -0.39 is 25.2 Å². The number of rotatable bonds is 11. The molecule has 0 bridgehead atoms. The Morgan fingerprint density at radius 2 is 1.27 bits per heavy atom. The minimum absolute atomic E-state index is 1.14. The van der Waals surface area contributed by atoms with Crippen LogP contribution in [0.2, 0.25) is 51.9 Å². The number of nitrogens with zero attached hydrogens (tertiary/aromatic N) is 1. The molecule has 0 unspecified atom stereocenters. The van der Waals surface area contributed by atoms with Crippen LogP contribution in [-0.2, 0) is 8.23 Å². The monoisotopic (exact) mass is 364 g/mol. The van der Waals surface area contributed by atoms with Crippen molar-refractivity contribution in [2.75, 3.05) is 27.2 Å². The van der Waals surface area contributed by atoms with E-state index >= 15 is 0 Å². The molecule has 0 atom stereocenters. The second-order valence-electron chi connectivity index (χ2n) is 9.32. The highest BCUT2D eigenvalue weighted by Gasteiger charge is 2.37. The zero-order valence-corrected chi connectivity index (χ0v) is 20.0. The Bertz CT molecular complexity index is 326. The van der Waals surface area contributed by atoms with Gasteiger partial charge in [-0.05, 0) is 64.7 Å². The van der Waals surface area contributed by atoms with E-state index in [9.17, 15) is 0 Å². The van der Waals surface area contributed by atoms with Gasteiger partial charge in [0, 0.05) is 0 Å². The summed E-state index contributed by atoms with van der Waals surface area (Å²) in [7, 11) is -0.388. The zero-order valence-electron chi connectivity index (χ0n) is 17.0. The first kappa shape index (κ1) is 22.5. The van der Waals surface area contributed by atoms with Gasteiger partial charge in [0.1, 0.15) is 0 Å². The van der Waals surface area contributed by atoms with Gasteiger partial charge < -0.3 is 12.7 Å². The highest BCUT2D eigenvalue weighted by atomic mass is 28.5. The normalized spacial score (nSPS) is 14.5. The number of hydrogen-bond donors (Lipinski definition) is 0. The van der Waals surface area contributed by atoms with E-state index in [4.69, 9.17) is 8.23 Å². The van der Waals surface area contributed by atoms with Gasteiger partial charge in [-0.15, -0.1) is 0 Å². The summed E-state index contributed by atoms with van der Waals surface area (Å²) in [6.07, 6.45) is 3.89. The molecule has 0 aromatic carbocycles. The van der Waals surface area contributed by atoms with Gasteiger partial charge in [-0.3, -0.25) is 0 Å². The lowest BCUT2D eigenvalue weighted by Gasteiger charge is -2.38. The number of unbranched alkanes of at least 4 members (excludes halogenated alkanes) is 1. The van der Waals surface area contributed by atoms with Crippen molar-refractivity contribution in [3.8, 4) is 0 Å². The molecule has 0 aromatic rings. The summed E-state index contributed by atoms with van der Waals surface area (Å²) in [5.74, 6) is 0. The van der Waals surface area contributed by atoms with Crippen LogP contribution in [0.15, 0.2) is 0 Å². The molecular weight excluding hydrogens is 322 g/mol. The Morgan fingerprint density at radius 3 is 1.73 bits per heavy atom. The van der Waals surface area contributed by atoms with E-state index in [0.29, 0.717) is 0 Å². The van der Waals surface area contributed by atoms with Crippen molar-refractivity contribution in [3.63, 3.8) is 0 Å². The van der Waals surface area contributed by atoms with Crippen LogP contribution in [0.3, 0.4) is 0 Å². The number of hydrogen-bond acceptors (Lipinski definition) is 2. The van der Waals surface area contributed by atoms with Crippen LogP contribution >= 0.6 is 0 Å². The second-order valence-corrected chi connectivity index (χ2v) is 22.0. The molecule has 0 saturated carbocycles. The maximum atomic E-state index is 6.58. The summed E-state index contributed by atoms with van der Waals surface area (Å²) in [6, 6.07) is 1.24. The van der Waals surface area contributed by atoms with Gasteiger partial charge in [0.25, 0.3) is 0 Å². The van der Waals surface area contributed by atoms with Crippen molar-refractivity contribution >= 4 is 25.2 Å². The van der Waals surface area contributed by atoms with Crippen LogP contribution in [0.4, 0.5) is 0 Å². The van der Waals surface area contributed by atoms with Gasteiger partial charge in [-0.1, -0.05) is 13.3 Å². The average molecular weight is 365 g/mol. The van der Waals surface area contributed by atoms with Crippen LogP contribution in [-0.4, -0.2) is 56.9 Å². The van der Waals surface area contributed by atoms with Gasteiger partial charge in [0.15, 0.2) is 16.6 Å². The molecule has 0 aromatic heterocycles. The molecule has 3 nitrogen and oxygen atoms in total. The maximum absolute atomic E-state index is 6.58. The average Bonchev–Trinajstić information content (AvgIpc) is 2.20. The topological polar surface area (TPSA) is 18.5 Å². The summed E-state index contributed by atoms with van der Waals surface area (Å²) < 4.78 is 14.1. The lowest BCUT2D eigenvalue weighted by atomic mass is 10.3. The van der Waals surface area contributed by atoms with Gasteiger partial charge in [0.05, 0.1) is 27.2 Å². The van der Waals surface area contributed by atoms with E-state index in [0.717, 1.165) is 4.48 Å². The van der Waals surface area contributed by atoms with Crippen molar-refractivity contribution in [1.82, 2.24) is 0 Å². The molecule has 0 aliphatic heterocycles. The fraction of sp³-hybridized carbons (Fsp3) is 1.00. The van der Waals surface area contributed by atoms with Crippen molar-refractivity contribution in [2.24, 2.45) is 0 Å². The molecular formula is C16H42NO2Si3+. The Balaban J connectivity index is 4.35. The third-order valence-electron chi connectivity index (χ3n) is 3.73. The van der Waals surface area contributed by atoms with Crippen molar-refractivity contribution in [3.05, 3.63) is 0 Å². The molecule has 134 valence electrons. The van der Waals surface area contributed by atoms with Gasteiger partial charge in [-0.25, -0.2) is 0 Å². The molecule has 0 spiro atoms. The first-order chi connectivity index (χ1) is 9.68. The predicted molar refractivity (Wildman–Crippen MR) is 107 cm³/mol. The molecule has 0 heterocycles. The third kappa shape index (κ3) is 12.0. The summed E-state index contributed by atoms with van der Waals surface area (Å²) in [5, 5.41) is 0. The Kier molecular flexibility index (Phi) is 8.78. The Labute approximate surface area is 143 Å². The minimum atomic E-state index is -1.97. The first-order valence-corrected chi connectivity index (χ1v) is 18.2. The van der Waals surface area contributed by atoms with Crippen molar-refractivity contribution in [1.29, 1.82) is 0 Å². The lowest BCUT2D eigenvalue weighted by molar-refractivity contribution is -0.890. The molecule has 0 aliphatic rings. The quantitative estimate of drug-likeness (QED) is 0.378. The van der Waals surface area contributed by atoms with Gasteiger partial charge in [-0.2, -0.15) is 0 Å². The Morgan fingerprint density at radius 1 is 0.773 bits per heavy atom. The molecule has 0 fully saturated rings. The third-order valence-corrected chi connectivity index (χ3v) is 13.9.